The minimum absolute atomic E-state index is 0.0899. The Bertz CT molecular complexity index is 704. The second kappa shape index (κ2) is 8.90. The first-order valence-electron chi connectivity index (χ1n) is 7.14. The molecule has 0 aromatic heterocycles. The average Bonchev–Trinajstić information content (AvgIpc) is 2.58. The van der Waals surface area contributed by atoms with Crippen LogP contribution in [-0.2, 0) is 20.9 Å². The summed E-state index contributed by atoms with van der Waals surface area (Å²) < 4.78 is 9.85. The number of amides is 2. The van der Waals surface area contributed by atoms with Crippen LogP contribution in [0.5, 0.6) is 0 Å². The molecule has 0 saturated carbocycles. The summed E-state index contributed by atoms with van der Waals surface area (Å²) in [6.07, 6.45) is -0.556. The van der Waals surface area contributed by atoms with Crippen LogP contribution in [0.4, 0.5) is 16.2 Å². The summed E-state index contributed by atoms with van der Waals surface area (Å²) in [6, 6.07) is 13.9. The van der Waals surface area contributed by atoms with E-state index in [-0.39, 0.29) is 19.1 Å². The van der Waals surface area contributed by atoms with Crippen molar-refractivity contribution in [2.24, 2.45) is 0 Å². The van der Waals surface area contributed by atoms with E-state index in [1.54, 1.807) is 30.3 Å². The number of nitrogens with one attached hydrogen (secondary N) is 2. The molecular formula is C17H17ClN2O4. The largest absolute Gasteiger partial charge is 0.453 e. The second-order valence-corrected chi connectivity index (χ2v) is 5.23. The van der Waals surface area contributed by atoms with Gasteiger partial charge >= 0.3 is 6.09 Å². The van der Waals surface area contributed by atoms with Crippen molar-refractivity contribution < 1.29 is 19.1 Å². The standard InChI is InChI=1S/C17H17ClN2O4/c1-23-17(22)20-14-8-6-13(7-9-14)19-16(21)11-24-10-12-4-2-3-5-15(12)18/h2-9H,10-11H2,1H3,(H,19,21)(H,20,22). The van der Waals surface area contributed by atoms with Crippen molar-refractivity contribution in [1.82, 2.24) is 0 Å². The molecular weight excluding hydrogens is 332 g/mol. The second-order valence-electron chi connectivity index (χ2n) is 4.83. The normalized spacial score (nSPS) is 10.1. The van der Waals surface area contributed by atoms with Crippen LogP contribution in [0.25, 0.3) is 0 Å². The van der Waals surface area contributed by atoms with Gasteiger partial charge in [-0.3, -0.25) is 10.1 Å². The number of methoxy groups -OCH3 is 1. The van der Waals surface area contributed by atoms with Crippen molar-refractivity contribution in [2.45, 2.75) is 6.61 Å². The number of carbonyl (C=O) groups excluding carboxylic acids is 2. The molecule has 0 aliphatic carbocycles. The number of halogens is 1. The van der Waals surface area contributed by atoms with E-state index in [0.717, 1.165) is 5.56 Å². The molecule has 2 N–H and O–H groups in total. The maximum absolute atomic E-state index is 11.8. The monoisotopic (exact) mass is 348 g/mol. The van der Waals surface area contributed by atoms with Gasteiger partial charge in [-0.1, -0.05) is 29.8 Å². The summed E-state index contributed by atoms with van der Waals surface area (Å²) in [6.45, 7) is 0.169. The van der Waals surface area contributed by atoms with Gasteiger partial charge in [-0.15, -0.1) is 0 Å². The molecule has 126 valence electrons. The third kappa shape index (κ3) is 5.57. The van der Waals surface area contributed by atoms with Crippen molar-refractivity contribution in [3.05, 3.63) is 59.1 Å². The van der Waals surface area contributed by atoms with Crippen LogP contribution in [0.2, 0.25) is 5.02 Å². The third-order valence-corrected chi connectivity index (χ3v) is 3.42. The Hall–Kier alpha value is -2.57. The number of carbonyl (C=O) groups is 2. The molecule has 0 bridgehead atoms. The van der Waals surface area contributed by atoms with Crippen molar-refractivity contribution >= 4 is 35.0 Å². The Labute approximate surface area is 144 Å². The van der Waals surface area contributed by atoms with E-state index in [9.17, 15) is 9.59 Å². The van der Waals surface area contributed by atoms with Gasteiger partial charge in [0, 0.05) is 16.4 Å². The molecule has 2 aromatic carbocycles. The molecule has 6 nitrogen and oxygen atoms in total. The molecule has 0 unspecified atom stereocenters. The summed E-state index contributed by atoms with van der Waals surface area (Å²) in [5.41, 5.74) is 1.98. The molecule has 0 spiro atoms. The van der Waals surface area contributed by atoms with E-state index in [0.29, 0.717) is 16.4 Å². The molecule has 7 heteroatoms. The summed E-state index contributed by atoms with van der Waals surface area (Å²) in [7, 11) is 1.28. The van der Waals surface area contributed by atoms with Crippen molar-refractivity contribution in [3.8, 4) is 0 Å². The first-order chi connectivity index (χ1) is 11.6. The van der Waals surface area contributed by atoms with Gasteiger partial charge in [0.15, 0.2) is 0 Å². The molecule has 24 heavy (non-hydrogen) atoms. The van der Waals surface area contributed by atoms with Gasteiger partial charge in [0.05, 0.1) is 13.7 Å². The Kier molecular flexibility index (Phi) is 6.60. The molecule has 2 amide bonds. The van der Waals surface area contributed by atoms with E-state index in [2.05, 4.69) is 15.4 Å². The molecule has 0 fully saturated rings. The Morgan fingerprint density at radius 1 is 1.00 bits per heavy atom. The Balaban J connectivity index is 1.78. The van der Waals surface area contributed by atoms with E-state index in [1.807, 2.05) is 18.2 Å². The predicted octanol–water partition coefficient (Wildman–Crippen LogP) is 3.67. The number of hydrogen-bond donors (Lipinski definition) is 2. The minimum atomic E-state index is -0.556. The zero-order valence-electron chi connectivity index (χ0n) is 13.0. The zero-order chi connectivity index (χ0) is 17.4. The summed E-state index contributed by atoms with van der Waals surface area (Å²) in [5, 5.41) is 5.82. The van der Waals surface area contributed by atoms with E-state index in [1.165, 1.54) is 7.11 Å². The first-order valence-corrected chi connectivity index (χ1v) is 7.52. The van der Waals surface area contributed by atoms with Crippen LogP contribution in [0, 0.1) is 0 Å². The average molecular weight is 349 g/mol. The molecule has 0 aliphatic heterocycles. The van der Waals surface area contributed by atoms with Gasteiger partial charge in [-0.05, 0) is 35.9 Å². The zero-order valence-corrected chi connectivity index (χ0v) is 13.8. The van der Waals surface area contributed by atoms with Gasteiger partial charge in [0.25, 0.3) is 0 Å². The van der Waals surface area contributed by atoms with Gasteiger partial charge in [0.1, 0.15) is 6.61 Å². The van der Waals surface area contributed by atoms with E-state index < -0.39 is 6.09 Å². The van der Waals surface area contributed by atoms with Gasteiger partial charge in [0.2, 0.25) is 5.91 Å². The lowest BCUT2D eigenvalue weighted by Crippen LogP contribution is -2.18. The summed E-state index contributed by atoms with van der Waals surface area (Å²) in [4.78, 5) is 22.9. The Morgan fingerprint density at radius 2 is 1.62 bits per heavy atom. The quantitative estimate of drug-likeness (QED) is 0.835. The maximum atomic E-state index is 11.8. The summed E-state index contributed by atoms with van der Waals surface area (Å²) in [5.74, 6) is -0.282. The van der Waals surface area contributed by atoms with Crippen LogP contribution in [-0.4, -0.2) is 25.7 Å². The lowest BCUT2D eigenvalue weighted by Gasteiger charge is -2.08. The highest BCUT2D eigenvalue weighted by Gasteiger charge is 2.05. The summed E-state index contributed by atoms with van der Waals surface area (Å²) >= 11 is 6.01. The topological polar surface area (TPSA) is 76.7 Å². The molecule has 2 rings (SSSR count). The van der Waals surface area contributed by atoms with Gasteiger partial charge in [-0.25, -0.2) is 4.79 Å². The molecule has 2 aromatic rings. The Morgan fingerprint density at radius 3 is 2.25 bits per heavy atom. The van der Waals surface area contributed by atoms with Crippen molar-refractivity contribution in [1.29, 1.82) is 0 Å². The number of anilines is 2. The fraction of sp³-hybridized carbons (Fsp3) is 0.176. The highest BCUT2D eigenvalue weighted by atomic mass is 35.5. The molecule has 0 radical (unpaired) electrons. The fourth-order valence-corrected chi connectivity index (χ4v) is 2.06. The first kappa shape index (κ1) is 17.8. The number of rotatable bonds is 6. The molecule has 0 atom stereocenters. The predicted molar refractivity (Wildman–Crippen MR) is 92.2 cm³/mol. The van der Waals surface area contributed by atoms with Gasteiger partial charge < -0.3 is 14.8 Å². The van der Waals surface area contributed by atoms with Crippen LogP contribution in [0.15, 0.2) is 48.5 Å². The fourth-order valence-electron chi connectivity index (χ4n) is 1.87. The number of hydrogen-bond acceptors (Lipinski definition) is 4. The van der Waals surface area contributed by atoms with Crippen LogP contribution in [0.3, 0.4) is 0 Å². The molecule has 0 heterocycles. The molecule has 0 saturated heterocycles. The van der Waals surface area contributed by atoms with Crippen LogP contribution in [0.1, 0.15) is 5.56 Å². The van der Waals surface area contributed by atoms with Crippen LogP contribution >= 0.6 is 11.6 Å². The van der Waals surface area contributed by atoms with Gasteiger partial charge in [-0.2, -0.15) is 0 Å². The molecule has 0 aliphatic rings. The highest BCUT2D eigenvalue weighted by molar-refractivity contribution is 6.31. The minimum Gasteiger partial charge on any atom is -0.453 e. The lowest BCUT2D eigenvalue weighted by molar-refractivity contribution is -0.121. The van der Waals surface area contributed by atoms with Crippen molar-refractivity contribution in [2.75, 3.05) is 24.4 Å². The van der Waals surface area contributed by atoms with E-state index >= 15 is 0 Å². The SMILES string of the molecule is COC(=O)Nc1ccc(NC(=O)COCc2ccccc2Cl)cc1. The lowest BCUT2D eigenvalue weighted by atomic mass is 10.2. The number of ether oxygens (including phenoxy) is 2. The maximum Gasteiger partial charge on any atom is 0.411 e. The number of benzene rings is 2. The van der Waals surface area contributed by atoms with Crippen LogP contribution < -0.4 is 10.6 Å². The smallest absolute Gasteiger partial charge is 0.411 e. The highest BCUT2D eigenvalue weighted by Crippen LogP contribution is 2.16. The van der Waals surface area contributed by atoms with Crippen molar-refractivity contribution in [3.63, 3.8) is 0 Å². The van der Waals surface area contributed by atoms with E-state index in [4.69, 9.17) is 16.3 Å². The third-order valence-electron chi connectivity index (χ3n) is 3.05.